The van der Waals surface area contributed by atoms with Gasteiger partial charge in [-0.3, -0.25) is 9.59 Å². The van der Waals surface area contributed by atoms with Crippen LogP contribution in [0.1, 0.15) is 44.2 Å². The molecule has 5 N–H and O–H groups in total. The van der Waals surface area contributed by atoms with Crippen LogP contribution in [-0.2, 0) is 15.0 Å². The van der Waals surface area contributed by atoms with E-state index in [-0.39, 0.29) is 21.9 Å². The van der Waals surface area contributed by atoms with Gasteiger partial charge >= 0.3 is 0 Å². The van der Waals surface area contributed by atoms with E-state index in [0.29, 0.717) is 39.8 Å². The van der Waals surface area contributed by atoms with Crippen LogP contribution in [-0.4, -0.2) is 31.0 Å². The Balaban J connectivity index is 1.72. The molecule has 0 saturated carbocycles. The van der Waals surface area contributed by atoms with Gasteiger partial charge in [-0.15, -0.1) is 0 Å². The average Bonchev–Trinajstić information content (AvgIpc) is 3.35. The number of amides is 2. The molecule has 1 saturated heterocycles. The first-order chi connectivity index (χ1) is 18.9. The van der Waals surface area contributed by atoms with Gasteiger partial charge in [-0.25, -0.2) is 4.39 Å². The minimum Gasteiger partial charge on any atom is -0.494 e. The fourth-order valence-electron chi connectivity index (χ4n) is 6.17. The molecular weight excluding hydrogens is 554 g/mol. The summed E-state index contributed by atoms with van der Waals surface area (Å²) in [6.45, 7) is 6.17. The number of carbonyl (C=O) groups is 2. The highest BCUT2D eigenvalue weighted by Crippen LogP contribution is 2.57. The Kier molecular flexibility index (Phi) is 7.23. The van der Waals surface area contributed by atoms with Gasteiger partial charge < -0.3 is 26.4 Å². The Morgan fingerprint density at radius 2 is 1.90 bits per heavy atom. The second-order valence-electron chi connectivity index (χ2n) is 11.5. The van der Waals surface area contributed by atoms with Crippen LogP contribution >= 0.6 is 23.2 Å². The number of carbonyl (C=O) groups excluding carboxylic acids is 2. The molecule has 2 aliphatic rings. The quantitative estimate of drug-likeness (QED) is 0.271. The van der Waals surface area contributed by atoms with E-state index in [1.807, 2.05) is 0 Å². The van der Waals surface area contributed by atoms with Crippen LogP contribution in [0.15, 0.2) is 54.6 Å². The monoisotopic (exact) mass is 584 g/mol. The second kappa shape index (κ2) is 10.3. The summed E-state index contributed by atoms with van der Waals surface area (Å²) >= 11 is 12.5. The van der Waals surface area contributed by atoms with Crippen LogP contribution in [0.4, 0.5) is 21.5 Å². The van der Waals surface area contributed by atoms with Gasteiger partial charge in [-0.1, -0.05) is 62.2 Å². The number of methoxy groups -OCH3 is 1. The summed E-state index contributed by atoms with van der Waals surface area (Å²) in [4.78, 5) is 28.3. The number of rotatable bonds is 5. The zero-order valence-corrected chi connectivity index (χ0v) is 24.1. The third-order valence-corrected chi connectivity index (χ3v) is 8.23. The number of nitrogens with one attached hydrogen (secondary N) is 3. The number of anilines is 3. The molecule has 7 nitrogen and oxygen atoms in total. The minimum atomic E-state index is -1.34. The molecule has 3 aromatic carbocycles. The number of fused-ring (bicyclic) bond motifs is 2. The molecule has 210 valence electrons. The summed E-state index contributed by atoms with van der Waals surface area (Å²) in [5.74, 6) is -2.06. The van der Waals surface area contributed by atoms with Crippen LogP contribution in [0.5, 0.6) is 5.75 Å². The van der Waals surface area contributed by atoms with Gasteiger partial charge in [0.2, 0.25) is 11.8 Å². The van der Waals surface area contributed by atoms with Gasteiger partial charge in [0.25, 0.3) is 0 Å². The molecule has 0 aliphatic carbocycles. The number of nitrogens with two attached hydrogens (primary N) is 1. The third-order valence-electron chi connectivity index (χ3n) is 7.70. The van der Waals surface area contributed by atoms with Gasteiger partial charge in [0.05, 0.1) is 23.9 Å². The van der Waals surface area contributed by atoms with Crippen molar-refractivity contribution in [2.45, 2.75) is 50.6 Å². The lowest BCUT2D eigenvalue weighted by Gasteiger charge is -2.37. The SMILES string of the molecule is COc1cc(N)ccc1NC(=O)[C@@H]1N[C@@H](CC(C)(C)C)C2(C(=O)Nc3cc(Cl)ccc32)[C@@H]1c1cccc(Cl)c1F. The predicted molar refractivity (Wildman–Crippen MR) is 157 cm³/mol. The molecule has 40 heavy (non-hydrogen) atoms. The van der Waals surface area contributed by atoms with E-state index in [0.717, 1.165) is 0 Å². The van der Waals surface area contributed by atoms with Crippen molar-refractivity contribution in [3.8, 4) is 5.75 Å². The molecule has 5 rings (SSSR count). The third kappa shape index (κ3) is 4.68. The molecule has 4 atom stereocenters. The van der Waals surface area contributed by atoms with Crippen LogP contribution in [0.3, 0.4) is 0 Å². The molecule has 1 fully saturated rings. The van der Waals surface area contributed by atoms with Crippen molar-refractivity contribution in [1.82, 2.24) is 5.32 Å². The lowest BCUT2D eigenvalue weighted by Crippen LogP contribution is -2.49. The van der Waals surface area contributed by atoms with Crippen LogP contribution in [0.2, 0.25) is 10.0 Å². The molecule has 2 amide bonds. The molecule has 0 bridgehead atoms. The smallest absolute Gasteiger partial charge is 0.242 e. The Labute approximate surface area is 242 Å². The minimum absolute atomic E-state index is 0.0963. The fourth-order valence-corrected chi connectivity index (χ4v) is 6.53. The first kappa shape index (κ1) is 28.2. The van der Waals surface area contributed by atoms with E-state index < -0.39 is 35.1 Å². The van der Waals surface area contributed by atoms with Crippen molar-refractivity contribution in [2.75, 3.05) is 23.5 Å². The Morgan fingerprint density at radius 1 is 1.15 bits per heavy atom. The maximum atomic E-state index is 15.9. The molecule has 1 spiro atoms. The van der Waals surface area contributed by atoms with Crippen molar-refractivity contribution in [1.29, 1.82) is 0 Å². The number of hydrogen-bond donors (Lipinski definition) is 4. The first-order valence-corrected chi connectivity index (χ1v) is 13.7. The Morgan fingerprint density at radius 3 is 2.60 bits per heavy atom. The first-order valence-electron chi connectivity index (χ1n) is 12.9. The maximum Gasteiger partial charge on any atom is 0.242 e. The normalized spacial score (nSPS) is 23.7. The standard InChI is InChI=1S/C30H31Cl2FN4O3/c1-29(2,3)14-23-30(18-10-8-15(31)12-21(18)36-28(30)39)24(17-6-5-7-19(32)25(17)33)26(37-23)27(38)35-20-11-9-16(34)13-22(20)40-4/h5-13,23-24,26,37H,14,34H2,1-4H3,(H,35,38)(H,36,39)/t23-,24+,26+,30?/m0/s1. The molecule has 2 heterocycles. The maximum absolute atomic E-state index is 15.9. The highest BCUT2D eigenvalue weighted by atomic mass is 35.5. The van der Waals surface area contributed by atoms with Gasteiger partial charge in [0, 0.05) is 34.4 Å². The highest BCUT2D eigenvalue weighted by Gasteiger charge is 2.66. The van der Waals surface area contributed by atoms with Crippen molar-refractivity contribution >= 4 is 52.1 Å². The van der Waals surface area contributed by atoms with Crippen LogP contribution in [0, 0.1) is 11.2 Å². The molecule has 1 unspecified atom stereocenters. The number of benzene rings is 3. The number of nitrogen functional groups attached to an aromatic ring is 1. The zero-order valence-electron chi connectivity index (χ0n) is 22.6. The van der Waals surface area contributed by atoms with E-state index >= 15 is 4.39 Å². The van der Waals surface area contributed by atoms with E-state index in [1.54, 1.807) is 48.5 Å². The Hall–Kier alpha value is -3.33. The predicted octanol–water partition coefficient (Wildman–Crippen LogP) is 6.11. The zero-order chi connectivity index (χ0) is 29.0. The summed E-state index contributed by atoms with van der Waals surface area (Å²) in [6, 6.07) is 13.1. The topological polar surface area (TPSA) is 105 Å². The molecule has 3 aromatic rings. The number of hydrogen-bond acceptors (Lipinski definition) is 5. The second-order valence-corrected chi connectivity index (χ2v) is 12.4. The van der Waals surface area contributed by atoms with Crippen molar-refractivity contribution in [3.63, 3.8) is 0 Å². The van der Waals surface area contributed by atoms with Crippen molar-refractivity contribution in [3.05, 3.63) is 81.6 Å². The molecule has 0 radical (unpaired) electrons. The molecule has 10 heteroatoms. The van der Waals surface area contributed by atoms with E-state index in [4.69, 9.17) is 33.7 Å². The largest absolute Gasteiger partial charge is 0.494 e. The number of halogens is 3. The van der Waals surface area contributed by atoms with Crippen molar-refractivity contribution < 1.29 is 18.7 Å². The lowest BCUT2D eigenvalue weighted by molar-refractivity contribution is -0.122. The van der Waals surface area contributed by atoms with Crippen LogP contribution < -0.4 is 26.4 Å². The van der Waals surface area contributed by atoms with Gasteiger partial charge in [-0.05, 0) is 53.3 Å². The van der Waals surface area contributed by atoms with Crippen molar-refractivity contribution in [2.24, 2.45) is 5.41 Å². The average molecular weight is 586 g/mol. The summed E-state index contributed by atoms with van der Waals surface area (Å²) in [5, 5.41) is 9.68. The molecular formula is C30H31Cl2FN4O3. The van der Waals surface area contributed by atoms with Gasteiger partial charge in [0.15, 0.2) is 0 Å². The summed E-state index contributed by atoms with van der Waals surface area (Å²) in [5.41, 5.74) is 6.52. The summed E-state index contributed by atoms with van der Waals surface area (Å²) in [7, 11) is 1.47. The van der Waals surface area contributed by atoms with E-state index in [9.17, 15) is 9.59 Å². The van der Waals surface area contributed by atoms with E-state index in [1.165, 1.54) is 13.2 Å². The van der Waals surface area contributed by atoms with Gasteiger partial charge in [-0.2, -0.15) is 0 Å². The molecule has 0 aromatic heterocycles. The molecule has 2 aliphatic heterocycles. The van der Waals surface area contributed by atoms with Crippen LogP contribution in [0.25, 0.3) is 0 Å². The van der Waals surface area contributed by atoms with Gasteiger partial charge in [0.1, 0.15) is 17.0 Å². The fraction of sp³-hybridized carbons (Fsp3) is 0.333. The summed E-state index contributed by atoms with van der Waals surface area (Å²) in [6.07, 6.45) is 0.510. The van der Waals surface area contributed by atoms with E-state index in [2.05, 4.69) is 36.7 Å². The highest BCUT2D eigenvalue weighted by molar-refractivity contribution is 6.31. The Bertz CT molecular complexity index is 1510. The summed E-state index contributed by atoms with van der Waals surface area (Å²) < 4.78 is 21.3. The number of ether oxygens (including phenoxy) is 1. The lowest BCUT2D eigenvalue weighted by atomic mass is 9.62.